The van der Waals surface area contributed by atoms with Gasteiger partial charge in [-0.05, 0) is 47.4 Å². The van der Waals surface area contributed by atoms with Gasteiger partial charge in [0.25, 0.3) is 0 Å². The molecule has 26 heavy (non-hydrogen) atoms. The topological polar surface area (TPSA) is 78.8 Å². The second-order valence-electron chi connectivity index (χ2n) is 6.20. The molecule has 1 amide bonds. The van der Waals surface area contributed by atoms with Crippen LogP contribution in [0.25, 0.3) is 10.9 Å². The van der Waals surface area contributed by atoms with Crippen LogP contribution in [0.4, 0.5) is 15.0 Å². The summed E-state index contributed by atoms with van der Waals surface area (Å²) in [6, 6.07) is 1.22. The summed E-state index contributed by atoms with van der Waals surface area (Å²) in [6.45, 7) is 4.40. The van der Waals surface area contributed by atoms with E-state index in [2.05, 4.69) is 25.9 Å². The van der Waals surface area contributed by atoms with Crippen molar-refractivity contribution in [3.8, 4) is 5.75 Å². The van der Waals surface area contributed by atoms with Gasteiger partial charge in [0.15, 0.2) is 5.82 Å². The number of carboxylic acid groups (broad SMARTS) is 1. The van der Waals surface area contributed by atoms with Gasteiger partial charge in [-0.3, -0.25) is 0 Å². The molecule has 2 heterocycles. The predicted octanol–water partition coefficient (Wildman–Crippen LogP) is 3.77. The van der Waals surface area contributed by atoms with E-state index in [0.717, 1.165) is 0 Å². The Hall–Kier alpha value is -1.87. The summed E-state index contributed by atoms with van der Waals surface area (Å²) < 4.78 is 20.1. The summed E-state index contributed by atoms with van der Waals surface area (Å²) >= 11 is 9.20. The molecular formula is C16H17BrClFN4O3. The molecule has 1 N–H and O–H groups in total. The van der Waals surface area contributed by atoms with Gasteiger partial charge in [0.05, 0.1) is 11.6 Å². The van der Waals surface area contributed by atoms with Crippen LogP contribution in [0.5, 0.6) is 5.75 Å². The van der Waals surface area contributed by atoms with Gasteiger partial charge in [0, 0.05) is 30.6 Å². The van der Waals surface area contributed by atoms with E-state index >= 15 is 0 Å². The summed E-state index contributed by atoms with van der Waals surface area (Å²) in [5.41, 5.74) is 0.0770. The molecule has 10 heteroatoms. The zero-order valence-electron chi connectivity index (χ0n) is 14.3. The summed E-state index contributed by atoms with van der Waals surface area (Å²) in [5, 5.41) is 9.70. The van der Waals surface area contributed by atoms with Crippen molar-refractivity contribution >= 4 is 50.3 Å². The minimum Gasteiger partial charge on any atom is -0.495 e. The van der Waals surface area contributed by atoms with Gasteiger partial charge in [0.2, 0.25) is 5.28 Å². The van der Waals surface area contributed by atoms with E-state index in [1.165, 1.54) is 12.0 Å². The third-order valence-electron chi connectivity index (χ3n) is 4.51. The fraction of sp³-hybridized carbons (Fsp3) is 0.438. The second-order valence-corrected chi connectivity index (χ2v) is 7.34. The fourth-order valence-corrected chi connectivity index (χ4v) is 3.82. The number of benzene rings is 1. The van der Waals surface area contributed by atoms with E-state index in [-0.39, 0.29) is 27.4 Å². The van der Waals surface area contributed by atoms with Gasteiger partial charge in [-0.2, -0.15) is 4.98 Å². The Morgan fingerprint density at radius 1 is 1.38 bits per heavy atom. The maximum atomic E-state index is 14.7. The fourth-order valence-electron chi connectivity index (χ4n) is 3.19. The van der Waals surface area contributed by atoms with Crippen molar-refractivity contribution in [2.45, 2.75) is 25.9 Å². The zero-order valence-corrected chi connectivity index (χ0v) is 16.7. The lowest BCUT2D eigenvalue weighted by Crippen LogP contribution is -2.58. The van der Waals surface area contributed by atoms with E-state index in [0.29, 0.717) is 30.0 Å². The van der Waals surface area contributed by atoms with Crippen molar-refractivity contribution in [2.75, 3.05) is 25.1 Å². The molecule has 1 aromatic heterocycles. The molecule has 0 unspecified atom stereocenters. The van der Waals surface area contributed by atoms with E-state index in [9.17, 15) is 14.3 Å². The molecule has 1 aliphatic rings. The van der Waals surface area contributed by atoms with Crippen molar-refractivity contribution in [1.29, 1.82) is 0 Å². The molecule has 1 fully saturated rings. The highest BCUT2D eigenvalue weighted by molar-refractivity contribution is 9.10. The van der Waals surface area contributed by atoms with E-state index in [4.69, 9.17) is 16.3 Å². The average molecular weight is 448 g/mol. The maximum absolute atomic E-state index is 14.7. The molecular weight excluding hydrogens is 431 g/mol. The molecule has 0 aliphatic carbocycles. The van der Waals surface area contributed by atoms with Gasteiger partial charge < -0.3 is 19.6 Å². The zero-order chi connectivity index (χ0) is 19.2. The highest BCUT2D eigenvalue weighted by Crippen LogP contribution is 2.38. The van der Waals surface area contributed by atoms with Crippen LogP contribution in [-0.4, -0.2) is 58.4 Å². The minimum atomic E-state index is -0.966. The highest BCUT2D eigenvalue weighted by atomic mass is 79.9. The van der Waals surface area contributed by atoms with Crippen molar-refractivity contribution in [3.05, 3.63) is 21.6 Å². The number of nitrogens with zero attached hydrogens (tertiary/aromatic N) is 4. The van der Waals surface area contributed by atoms with Crippen molar-refractivity contribution in [2.24, 2.45) is 0 Å². The third-order valence-corrected chi connectivity index (χ3v) is 5.42. The number of amides is 1. The summed E-state index contributed by atoms with van der Waals surface area (Å²) in [5.74, 6) is 0.177. The lowest BCUT2D eigenvalue weighted by molar-refractivity contribution is 0.114. The number of fused-ring (bicyclic) bond motifs is 1. The Morgan fingerprint density at radius 2 is 2.08 bits per heavy atom. The van der Waals surface area contributed by atoms with Crippen molar-refractivity contribution in [3.63, 3.8) is 0 Å². The van der Waals surface area contributed by atoms with E-state index in [1.807, 2.05) is 18.7 Å². The molecule has 0 saturated carbocycles. The Morgan fingerprint density at radius 3 is 2.69 bits per heavy atom. The van der Waals surface area contributed by atoms with Crippen LogP contribution in [0.3, 0.4) is 0 Å². The van der Waals surface area contributed by atoms with Crippen LogP contribution in [0.1, 0.15) is 13.8 Å². The summed E-state index contributed by atoms with van der Waals surface area (Å²) in [7, 11) is 1.44. The number of rotatable bonds is 2. The minimum absolute atomic E-state index is 0.0770. The Labute approximate surface area is 162 Å². The summed E-state index contributed by atoms with van der Waals surface area (Å²) in [4.78, 5) is 23.0. The molecule has 1 aromatic carbocycles. The van der Waals surface area contributed by atoms with Gasteiger partial charge in [0.1, 0.15) is 17.1 Å². The number of hydrogen-bond donors (Lipinski definition) is 1. The Bertz CT molecular complexity index is 884. The van der Waals surface area contributed by atoms with Crippen LogP contribution in [0, 0.1) is 5.82 Å². The first kappa shape index (κ1) is 18.9. The number of aromatic nitrogens is 2. The first-order valence-corrected chi connectivity index (χ1v) is 9.07. The predicted molar refractivity (Wildman–Crippen MR) is 99.8 cm³/mol. The number of anilines is 1. The van der Waals surface area contributed by atoms with Gasteiger partial charge >= 0.3 is 6.09 Å². The highest BCUT2D eigenvalue weighted by Gasteiger charge is 2.34. The van der Waals surface area contributed by atoms with Crippen LogP contribution >= 0.6 is 27.5 Å². The molecule has 0 spiro atoms. The van der Waals surface area contributed by atoms with Crippen LogP contribution in [0.2, 0.25) is 5.28 Å². The Kier molecular flexibility index (Phi) is 5.12. The van der Waals surface area contributed by atoms with Gasteiger partial charge in [-0.15, -0.1) is 0 Å². The van der Waals surface area contributed by atoms with E-state index in [1.54, 1.807) is 6.07 Å². The molecule has 0 bridgehead atoms. The smallest absolute Gasteiger partial charge is 0.407 e. The number of ether oxygens (including phenoxy) is 1. The number of halogens is 3. The molecule has 2 aromatic rings. The number of carbonyl (C=O) groups is 1. The van der Waals surface area contributed by atoms with Gasteiger partial charge in [-0.1, -0.05) is 0 Å². The quantitative estimate of drug-likeness (QED) is 0.706. The molecule has 7 nitrogen and oxygen atoms in total. The summed E-state index contributed by atoms with van der Waals surface area (Å²) in [6.07, 6.45) is -0.966. The molecule has 3 rings (SSSR count). The largest absolute Gasteiger partial charge is 0.495 e. The SMILES string of the molecule is COc1cc2c(N3C[C@@H](C)N(C(=O)O)C[C@@H]3C)nc(Cl)nc2c(F)c1Br. The third kappa shape index (κ3) is 3.14. The Balaban J connectivity index is 2.16. The number of hydrogen-bond acceptors (Lipinski definition) is 5. The first-order chi connectivity index (χ1) is 12.2. The average Bonchev–Trinajstić information content (AvgIpc) is 2.59. The molecule has 0 radical (unpaired) electrons. The number of piperazine rings is 1. The molecule has 1 saturated heterocycles. The molecule has 2 atom stereocenters. The normalized spacial score (nSPS) is 20.5. The van der Waals surface area contributed by atoms with Crippen LogP contribution in [-0.2, 0) is 0 Å². The van der Waals surface area contributed by atoms with Crippen LogP contribution < -0.4 is 9.64 Å². The van der Waals surface area contributed by atoms with Gasteiger partial charge in [-0.25, -0.2) is 14.2 Å². The van der Waals surface area contributed by atoms with E-state index < -0.39 is 11.9 Å². The lowest BCUT2D eigenvalue weighted by atomic mass is 10.1. The second kappa shape index (κ2) is 7.03. The van der Waals surface area contributed by atoms with Crippen molar-refractivity contribution < 1.29 is 19.0 Å². The standard InChI is InChI=1S/C16H17BrClFN4O3/c1-7-6-23(16(24)25)8(2)5-22(7)14-9-4-10(26-3)11(17)12(19)13(9)20-15(18)21-14/h4,7-8H,5-6H2,1-3H3,(H,24,25)/t7-,8+/m0/s1. The molecule has 140 valence electrons. The maximum Gasteiger partial charge on any atom is 0.407 e. The molecule has 1 aliphatic heterocycles. The lowest BCUT2D eigenvalue weighted by Gasteiger charge is -2.43. The van der Waals surface area contributed by atoms with Crippen molar-refractivity contribution in [1.82, 2.24) is 14.9 Å². The first-order valence-electron chi connectivity index (χ1n) is 7.90. The van der Waals surface area contributed by atoms with Crippen LogP contribution in [0.15, 0.2) is 10.5 Å². The number of methoxy groups -OCH3 is 1. The monoisotopic (exact) mass is 446 g/mol.